The summed E-state index contributed by atoms with van der Waals surface area (Å²) in [5, 5.41) is 0. The standard InChI is InChI=1S/C22H31NO4/c1-6-26-20(24)19-16-10-11-17(18(16)19)23(21(25)27-22(3,4)5)13-15-9-7-8-14(2)12-15/h7-9,12,16-19H,6,10-11,13H2,1-5H3/t16-,17+,18-,19+/m1/s1. The predicted octanol–water partition coefficient (Wildman–Crippen LogP) is 4.32. The van der Waals surface area contributed by atoms with Gasteiger partial charge in [0.1, 0.15) is 5.60 Å². The van der Waals surface area contributed by atoms with E-state index in [0.29, 0.717) is 19.1 Å². The molecule has 4 atom stereocenters. The van der Waals surface area contributed by atoms with Gasteiger partial charge in [0.2, 0.25) is 0 Å². The molecule has 3 rings (SSSR count). The first-order valence-electron chi connectivity index (χ1n) is 9.93. The van der Waals surface area contributed by atoms with Crippen LogP contribution in [0, 0.1) is 24.7 Å². The average molecular weight is 373 g/mol. The highest BCUT2D eigenvalue weighted by Gasteiger charge is 2.64. The van der Waals surface area contributed by atoms with Gasteiger partial charge in [0, 0.05) is 12.6 Å². The zero-order chi connectivity index (χ0) is 19.8. The Balaban J connectivity index is 1.79. The molecule has 0 saturated heterocycles. The van der Waals surface area contributed by atoms with E-state index in [-0.39, 0.29) is 29.9 Å². The fourth-order valence-electron chi connectivity index (χ4n) is 4.43. The maximum atomic E-state index is 13.0. The number of hydrogen-bond donors (Lipinski definition) is 0. The number of rotatable bonds is 5. The molecule has 0 N–H and O–H groups in total. The Morgan fingerprint density at radius 1 is 1.22 bits per heavy atom. The van der Waals surface area contributed by atoms with Gasteiger partial charge in [0.25, 0.3) is 0 Å². The lowest BCUT2D eigenvalue weighted by Crippen LogP contribution is -2.44. The summed E-state index contributed by atoms with van der Waals surface area (Å²) in [6.07, 6.45) is 1.58. The van der Waals surface area contributed by atoms with Crippen LogP contribution in [-0.4, -0.2) is 35.2 Å². The van der Waals surface area contributed by atoms with E-state index >= 15 is 0 Å². The van der Waals surface area contributed by atoms with Crippen molar-refractivity contribution in [3.05, 3.63) is 35.4 Å². The third-order valence-electron chi connectivity index (χ3n) is 5.49. The lowest BCUT2D eigenvalue weighted by molar-refractivity contribution is -0.145. The number of carbonyl (C=O) groups is 2. The van der Waals surface area contributed by atoms with Crippen molar-refractivity contribution in [2.45, 2.75) is 65.6 Å². The van der Waals surface area contributed by atoms with Crippen molar-refractivity contribution in [1.29, 1.82) is 0 Å². The molecule has 0 aliphatic heterocycles. The van der Waals surface area contributed by atoms with E-state index in [1.165, 1.54) is 0 Å². The van der Waals surface area contributed by atoms with Crippen LogP contribution < -0.4 is 0 Å². The number of fused-ring (bicyclic) bond motifs is 1. The Hall–Kier alpha value is -2.04. The molecule has 2 saturated carbocycles. The topological polar surface area (TPSA) is 55.8 Å². The molecule has 148 valence electrons. The molecule has 0 heterocycles. The third kappa shape index (κ3) is 4.45. The van der Waals surface area contributed by atoms with Gasteiger partial charge in [0.15, 0.2) is 0 Å². The highest BCUT2D eigenvalue weighted by atomic mass is 16.6. The van der Waals surface area contributed by atoms with Gasteiger partial charge in [-0.3, -0.25) is 4.79 Å². The van der Waals surface area contributed by atoms with Gasteiger partial charge in [-0.2, -0.15) is 0 Å². The van der Waals surface area contributed by atoms with Gasteiger partial charge in [-0.25, -0.2) is 4.79 Å². The van der Waals surface area contributed by atoms with Gasteiger partial charge < -0.3 is 14.4 Å². The van der Waals surface area contributed by atoms with Crippen LogP contribution in [0.4, 0.5) is 4.79 Å². The third-order valence-corrected chi connectivity index (χ3v) is 5.49. The number of ether oxygens (including phenoxy) is 2. The summed E-state index contributed by atoms with van der Waals surface area (Å²) in [7, 11) is 0. The Kier molecular flexibility index (Phi) is 5.50. The SMILES string of the molecule is CCOC(=O)[C@H]1[C@@H]2CC[C@H](N(Cc3cccc(C)c3)C(=O)OC(C)(C)C)[C@@H]21. The molecule has 2 aliphatic rings. The fraction of sp³-hybridized carbons (Fsp3) is 0.636. The second-order valence-corrected chi connectivity index (χ2v) is 8.76. The predicted molar refractivity (Wildman–Crippen MR) is 103 cm³/mol. The molecule has 0 aromatic heterocycles. The second kappa shape index (κ2) is 7.53. The summed E-state index contributed by atoms with van der Waals surface area (Å²) in [4.78, 5) is 27.1. The minimum Gasteiger partial charge on any atom is -0.466 e. The fourth-order valence-corrected chi connectivity index (χ4v) is 4.43. The minimum absolute atomic E-state index is 0.0276. The summed E-state index contributed by atoms with van der Waals surface area (Å²) < 4.78 is 10.9. The monoisotopic (exact) mass is 373 g/mol. The molecule has 27 heavy (non-hydrogen) atoms. The molecule has 1 amide bonds. The molecule has 0 spiro atoms. The van der Waals surface area contributed by atoms with Crippen LogP contribution in [0.25, 0.3) is 0 Å². The van der Waals surface area contributed by atoms with E-state index in [1.54, 1.807) is 0 Å². The molecule has 2 aliphatic carbocycles. The van der Waals surface area contributed by atoms with E-state index in [2.05, 4.69) is 6.07 Å². The summed E-state index contributed by atoms with van der Waals surface area (Å²) in [6, 6.07) is 8.21. The van der Waals surface area contributed by atoms with Crippen LogP contribution in [0.5, 0.6) is 0 Å². The Labute approximate surface area is 162 Å². The molecule has 0 bridgehead atoms. The first-order valence-corrected chi connectivity index (χ1v) is 9.93. The molecule has 1 aromatic rings. The quantitative estimate of drug-likeness (QED) is 0.721. The molecule has 2 fully saturated rings. The van der Waals surface area contributed by atoms with E-state index in [9.17, 15) is 9.59 Å². The first kappa shape index (κ1) is 19.7. The second-order valence-electron chi connectivity index (χ2n) is 8.76. The Morgan fingerprint density at radius 2 is 1.96 bits per heavy atom. The number of amides is 1. The maximum Gasteiger partial charge on any atom is 0.410 e. The van der Waals surface area contributed by atoms with Crippen molar-refractivity contribution in [2.75, 3.05) is 6.61 Å². The zero-order valence-corrected chi connectivity index (χ0v) is 17.0. The average Bonchev–Trinajstić information content (AvgIpc) is 3.13. The van der Waals surface area contributed by atoms with Crippen LogP contribution in [-0.2, 0) is 20.8 Å². The largest absolute Gasteiger partial charge is 0.466 e. The molecular weight excluding hydrogens is 342 g/mol. The van der Waals surface area contributed by atoms with Gasteiger partial charge >= 0.3 is 12.1 Å². The van der Waals surface area contributed by atoms with Crippen LogP contribution in [0.15, 0.2) is 24.3 Å². The molecule has 5 heteroatoms. The molecule has 5 nitrogen and oxygen atoms in total. The highest BCUT2D eigenvalue weighted by molar-refractivity contribution is 5.77. The van der Waals surface area contributed by atoms with E-state index in [4.69, 9.17) is 9.47 Å². The molecule has 0 unspecified atom stereocenters. The van der Waals surface area contributed by atoms with Crippen molar-refractivity contribution in [1.82, 2.24) is 4.90 Å². The van der Waals surface area contributed by atoms with Crippen molar-refractivity contribution in [3.8, 4) is 0 Å². The van der Waals surface area contributed by atoms with Crippen molar-refractivity contribution >= 4 is 12.1 Å². The van der Waals surface area contributed by atoms with Crippen LogP contribution in [0.2, 0.25) is 0 Å². The van der Waals surface area contributed by atoms with Gasteiger partial charge in [-0.05, 0) is 64.9 Å². The molecule has 1 aromatic carbocycles. The maximum absolute atomic E-state index is 13.0. The highest BCUT2D eigenvalue weighted by Crippen LogP contribution is 2.59. The smallest absolute Gasteiger partial charge is 0.410 e. The normalized spacial score (nSPS) is 26.3. The van der Waals surface area contributed by atoms with Gasteiger partial charge in [0.05, 0.1) is 12.5 Å². The summed E-state index contributed by atoms with van der Waals surface area (Å²) in [5.74, 6) is 0.362. The number of esters is 1. The molecule has 0 radical (unpaired) electrons. The van der Waals surface area contributed by atoms with Crippen molar-refractivity contribution < 1.29 is 19.1 Å². The van der Waals surface area contributed by atoms with Crippen LogP contribution in [0.1, 0.15) is 51.7 Å². The summed E-state index contributed by atoms with van der Waals surface area (Å²) >= 11 is 0. The lowest BCUT2D eigenvalue weighted by Gasteiger charge is -2.33. The Bertz CT molecular complexity index is 709. The number of nitrogens with zero attached hydrogens (tertiary/aromatic N) is 1. The number of carbonyl (C=O) groups excluding carboxylic acids is 2. The van der Waals surface area contributed by atoms with Crippen molar-refractivity contribution in [2.24, 2.45) is 17.8 Å². The number of hydrogen-bond acceptors (Lipinski definition) is 4. The first-order chi connectivity index (χ1) is 12.7. The summed E-state index contributed by atoms with van der Waals surface area (Å²) in [6.45, 7) is 10.4. The van der Waals surface area contributed by atoms with E-state index in [0.717, 1.165) is 24.0 Å². The Morgan fingerprint density at radius 3 is 2.59 bits per heavy atom. The van der Waals surface area contributed by atoms with E-state index < -0.39 is 5.60 Å². The van der Waals surface area contributed by atoms with Crippen LogP contribution >= 0.6 is 0 Å². The van der Waals surface area contributed by atoms with E-state index in [1.807, 2.05) is 57.7 Å². The van der Waals surface area contributed by atoms with Crippen molar-refractivity contribution in [3.63, 3.8) is 0 Å². The van der Waals surface area contributed by atoms with Gasteiger partial charge in [-0.1, -0.05) is 29.8 Å². The van der Waals surface area contributed by atoms with Crippen LogP contribution in [0.3, 0.4) is 0 Å². The zero-order valence-electron chi connectivity index (χ0n) is 17.0. The molecular formula is C22H31NO4. The summed E-state index contributed by atoms with van der Waals surface area (Å²) in [5.41, 5.74) is 1.69. The minimum atomic E-state index is -0.552. The van der Waals surface area contributed by atoms with Gasteiger partial charge in [-0.15, -0.1) is 0 Å². The number of benzene rings is 1. The lowest BCUT2D eigenvalue weighted by atomic mass is 10.0. The number of aryl methyl sites for hydroxylation is 1.